The van der Waals surface area contributed by atoms with E-state index in [9.17, 15) is 0 Å². The maximum absolute atomic E-state index is 5.82. The van der Waals surface area contributed by atoms with Crippen molar-refractivity contribution < 1.29 is 14.0 Å². The van der Waals surface area contributed by atoms with Crippen LogP contribution in [0.3, 0.4) is 0 Å². The van der Waals surface area contributed by atoms with Crippen molar-refractivity contribution in [3.8, 4) is 16.7 Å². The predicted octanol–water partition coefficient (Wildman–Crippen LogP) is 4.15. The molecule has 0 spiro atoms. The number of ether oxygens (including phenoxy) is 2. The van der Waals surface area contributed by atoms with E-state index in [1.54, 1.807) is 11.4 Å². The first-order chi connectivity index (χ1) is 12.9. The number of fused-ring (bicyclic) bond motifs is 1. The largest absolute Gasteiger partial charge is 0.484 e. The molecule has 3 heterocycles. The van der Waals surface area contributed by atoms with Gasteiger partial charge in [0.1, 0.15) is 11.5 Å². The van der Waals surface area contributed by atoms with Gasteiger partial charge in [0.05, 0.1) is 11.9 Å². The zero-order valence-electron chi connectivity index (χ0n) is 15.5. The second-order valence-corrected chi connectivity index (χ2v) is 7.99. The fourth-order valence-corrected chi connectivity index (χ4v) is 3.09. The van der Waals surface area contributed by atoms with Gasteiger partial charge in [-0.25, -0.2) is 9.50 Å². The highest BCUT2D eigenvalue weighted by Crippen LogP contribution is 2.30. The average molecular weight is 385 g/mol. The van der Waals surface area contributed by atoms with Gasteiger partial charge in [0, 0.05) is 5.41 Å². The number of imidazole rings is 1. The van der Waals surface area contributed by atoms with Crippen LogP contribution >= 0.6 is 11.3 Å². The van der Waals surface area contributed by atoms with Gasteiger partial charge in [-0.2, -0.15) is 4.98 Å². The Balaban J connectivity index is 1.40. The number of nitrogens with zero attached hydrogens (tertiary/aromatic N) is 5. The van der Waals surface area contributed by atoms with Crippen molar-refractivity contribution in [1.29, 1.82) is 0 Å². The number of aryl methyl sites for hydroxylation is 1. The van der Waals surface area contributed by atoms with E-state index in [2.05, 4.69) is 41.0 Å². The molecule has 3 aromatic heterocycles. The number of aromatic nitrogens is 5. The van der Waals surface area contributed by atoms with E-state index in [1.807, 2.05) is 30.5 Å². The normalized spacial score (nSPS) is 11.9. The number of rotatable bonds is 5. The van der Waals surface area contributed by atoms with Crippen LogP contribution in [-0.4, -0.2) is 24.7 Å². The zero-order valence-corrected chi connectivity index (χ0v) is 16.3. The van der Waals surface area contributed by atoms with E-state index in [0.29, 0.717) is 28.4 Å². The van der Waals surface area contributed by atoms with Gasteiger partial charge in [0.15, 0.2) is 12.4 Å². The van der Waals surface area contributed by atoms with Crippen molar-refractivity contribution in [3.05, 3.63) is 47.9 Å². The quantitative estimate of drug-likeness (QED) is 0.510. The lowest BCUT2D eigenvalue weighted by molar-refractivity contribution is 0.242. The van der Waals surface area contributed by atoms with Crippen LogP contribution in [0.2, 0.25) is 0 Å². The van der Waals surface area contributed by atoms with Crippen molar-refractivity contribution in [3.63, 3.8) is 0 Å². The molecule has 0 bridgehead atoms. The molecule has 0 saturated carbocycles. The molecule has 140 valence electrons. The molecule has 0 unspecified atom stereocenters. The molecule has 0 N–H and O–H groups in total. The third-order valence-electron chi connectivity index (χ3n) is 3.75. The van der Waals surface area contributed by atoms with E-state index in [4.69, 9.17) is 14.0 Å². The van der Waals surface area contributed by atoms with Crippen molar-refractivity contribution in [2.45, 2.75) is 39.7 Å². The topological polar surface area (TPSA) is 87.6 Å². The molecule has 0 aliphatic heterocycles. The first-order valence-electron chi connectivity index (χ1n) is 8.43. The van der Waals surface area contributed by atoms with Crippen molar-refractivity contribution in [2.24, 2.45) is 0 Å². The van der Waals surface area contributed by atoms with Crippen LogP contribution in [-0.2, 0) is 12.0 Å². The van der Waals surface area contributed by atoms with Gasteiger partial charge in [-0.3, -0.25) is 0 Å². The number of benzene rings is 1. The molecule has 4 rings (SSSR count). The van der Waals surface area contributed by atoms with Crippen LogP contribution in [0.4, 0.5) is 0 Å². The first kappa shape index (κ1) is 17.5. The highest BCUT2D eigenvalue weighted by atomic mass is 32.1. The summed E-state index contributed by atoms with van der Waals surface area (Å²) < 4.78 is 18.2. The summed E-state index contributed by atoms with van der Waals surface area (Å²) in [7, 11) is 0. The van der Waals surface area contributed by atoms with Crippen LogP contribution in [0.5, 0.6) is 16.7 Å². The van der Waals surface area contributed by atoms with Gasteiger partial charge in [0.25, 0.3) is 11.1 Å². The zero-order chi connectivity index (χ0) is 19.0. The van der Waals surface area contributed by atoms with Gasteiger partial charge >= 0.3 is 0 Å². The summed E-state index contributed by atoms with van der Waals surface area (Å²) in [6, 6.07) is 7.27. The molecule has 27 heavy (non-hydrogen) atoms. The molecule has 4 aromatic rings. The Morgan fingerprint density at radius 2 is 1.85 bits per heavy atom. The minimum absolute atomic E-state index is 0.00973. The summed E-state index contributed by atoms with van der Waals surface area (Å²) in [6.07, 6.45) is 1.94. The summed E-state index contributed by atoms with van der Waals surface area (Å²) in [5, 5.41) is 8.69. The molecule has 8 nitrogen and oxygen atoms in total. The van der Waals surface area contributed by atoms with E-state index >= 15 is 0 Å². The fraction of sp³-hybridized carbons (Fsp3) is 0.333. The summed E-state index contributed by atoms with van der Waals surface area (Å²) in [4.78, 5) is 9.52. The Morgan fingerprint density at radius 3 is 2.48 bits per heavy atom. The van der Waals surface area contributed by atoms with Crippen molar-refractivity contribution in [2.75, 3.05) is 0 Å². The van der Waals surface area contributed by atoms with Gasteiger partial charge in [0.2, 0.25) is 4.96 Å². The molecule has 9 heteroatoms. The molecule has 0 atom stereocenters. The third kappa shape index (κ3) is 3.92. The molecule has 0 fully saturated rings. The summed E-state index contributed by atoms with van der Waals surface area (Å²) in [6.45, 7) is 8.36. The SMILES string of the molecule is Cc1noc(COc2ccc(Oc3nn4cc(C(C)(C)C)nc4s3)cc2)n1. The Morgan fingerprint density at radius 1 is 1.11 bits per heavy atom. The molecular formula is C18H19N5O3S. The predicted molar refractivity (Wildman–Crippen MR) is 99.4 cm³/mol. The molecule has 0 aliphatic rings. The molecular weight excluding hydrogens is 366 g/mol. The van der Waals surface area contributed by atoms with E-state index in [1.165, 1.54) is 11.3 Å². The monoisotopic (exact) mass is 385 g/mol. The van der Waals surface area contributed by atoms with Gasteiger partial charge in [-0.15, -0.1) is 5.10 Å². The standard InChI is InChI=1S/C18H19N5O3S/c1-11-19-15(26-22-11)10-24-12-5-7-13(8-6-12)25-17-21-23-9-14(18(2,3)4)20-16(23)27-17/h5-9H,10H2,1-4H3. The van der Waals surface area contributed by atoms with Gasteiger partial charge in [-0.05, 0) is 42.5 Å². The minimum Gasteiger partial charge on any atom is -0.484 e. The minimum atomic E-state index is -0.00973. The highest BCUT2D eigenvalue weighted by molar-refractivity contribution is 7.18. The van der Waals surface area contributed by atoms with E-state index < -0.39 is 0 Å². The Labute approximate surface area is 159 Å². The summed E-state index contributed by atoms with van der Waals surface area (Å²) >= 11 is 1.40. The number of hydrogen-bond acceptors (Lipinski definition) is 8. The number of hydrogen-bond donors (Lipinski definition) is 0. The van der Waals surface area contributed by atoms with Crippen molar-refractivity contribution in [1.82, 2.24) is 24.7 Å². The van der Waals surface area contributed by atoms with Crippen LogP contribution in [0.1, 0.15) is 38.2 Å². The first-order valence-corrected chi connectivity index (χ1v) is 9.25. The molecule has 1 aromatic carbocycles. The average Bonchev–Trinajstić information content (AvgIpc) is 3.28. The van der Waals surface area contributed by atoms with Crippen LogP contribution in [0, 0.1) is 6.92 Å². The lowest BCUT2D eigenvalue weighted by atomic mass is 9.93. The Hall–Kier alpha value is -2.94. The van der Waals surface area contributed by atoms with E-state index in [-0.39, 0.29) is 12.0 Å². The summed E-state index contributed by atoms with van der Waals surface area (Å²) in [5.74, 6) is 2.38. The van der Waals surface area contributed by atoms with Crippen LogP contribution in [0.25, 0.3) is 4.96 Å². The maximum Gasteiger partial charge on any atom is 0.299 e. The Bertz CT molecular complexity index is 1030. The van der Waals surface area contributed by atoms with Crippen LogP contribution < -0.4 is 9.47 Å². The molecule has 0 radical (unpaired) electrons. The third-order valence-corrected chi connectivity index (χ3v) is 4.55. The van der Waals surface area contributed by atoms with Crippen LogP contribution in [0.15, 0.2) is 35.0 Å². The second kappa shape index (κ2) is 6.66. The Kier molecular flexibility index (Phi) is 4.31. The van der Waals surface area contributed by atoms with Crippen molar-refractivity contribution >= 4 is 16.3 Å². The maximum atomic E-state index is 5.82. The molecule has 0 saturated heterocycles. The fourth-order valence-electron chi connectivity index (χ4n) is 2.33. The van der Waals surface area contributed by atoms with E-state index in [0.717, 1.165) is 10.7 Å². The highest BCUT2D eigenvalue weighted by Gasteiger charge is 2.19. The van der Waals surface area contributed by atoms with Gasteiger partial charge in [-0.1, -0.05) is 25.9 Å². The molecule has 0 aliphatic carbocycles. The summed E-state index contributed by atoms with van der Waals surface area (Å²) in [5.41, 5.74) is 0.996. The lowest BCUT2D eigenvalue weighted by Crippen LogP contribution is -2.11. The lowest BCUT2D eigenvalue weighted by Gasteiger charge is -2.13. The molecule has 0 amide bonds. The van der Waals surface area contributed by atoms with Gasteiger partial charge < -0.3 is 14.0 Å². The second-order valence-electron chi connectivity index (χ2n) is 7.07. The smallest absolute Gasteiger partial charge is 0.299 e.